The van der Waals surface area contributed by atoms with E-state index in [2.05, 4.69) is 20.9 Å². The summed E-state index contributed by atoms with van der Waals surface area (Å²) in [5.41, 5.74) is 4.92. The van der Waals surface area contributed by atoms with Gasteiger partial charge in [0.15, 0.2) is 0 Å². The molecule has 0 saturated carbocycles. The van der Waals surface area contributed by atoms with Gasteiger partial charge in [0.25, 0.3) is 0 Å². The Hall–Kier alpha value is -2.20. The van der Waals surface area contributed by atoms with E-state index in [-0.39, 0.29) is 0 Å². The number of furan rings is 1. The minimum absolute atomic E-state index is 0.896. The molecule has 0 aliphatic carbocycles. The van der Waals surface area contributed by atoms with Crippen molar-refractivity contribution in [3.8, 4) is 11.1 Å². The SMILES string of the molecule is c1cc(-c2coc3ccccc23)c2nsnc2c1. The molecule has 0 amide bonds. The molecule has 0 saturated heterocycles. The molecule has 0 spiro atoms. The number of hydrogen-bond acceptors (Lipinski definition) is 4. The largest absolute Gasteiger partial charge is 0.464 e. The number of para-hydroxylation sites is 1. The predicted octanol–water partition coefficient (Wildman–Crippen LogP) is 4.10. The van der Waals surface area contributed by atoms with Gasteiger partial charge in [-0.05, 0) is 12.1 Å². The molecular formula is C14H8N2OS. The van der Waals surface area contributed by atoms with Crippen molar-refractivity contribution < 1.29 is 4.42 Å². The first-order valence-electron chi connectivity index (χ1n) is 5.61. The van der Waals surface area contributed by atoms with E-state index in [1.54, 1.807) is 6.26 Å². The van der Waals surface area contributed by atoms with Crippen LogP contribution in [0.25, 0.3) is 33.1 Å². The molecule has 0 radical (unpaired) electrons. The Kier molecular flexibility index (Phi) is 1.98. The smallest absolute Gasteiger partial charge is 0.134 e. The highest BCUT2D eigenvalue weighted by atomic mass is 32.1. The number of rotatable bonds is 1. The second-order valence-electron chi connectivity index (χ2n) is 4.08. The van der Waals surface area contributed by atoms with E-state index in [1.807, 2.05) is 30.3 Å². The topological polar surface area (TPSA) is 38.9 Å². The first kappa shape index (κ1) is 9.79. The summed E-state index contributed by atoms with van der Waals surface area (Å²) in [5, 5.41) is 1.11. The van der Waals surface area contributed by atoms with Gasteiger partial charge < -0.3 is 4.42 Å². The van der Waals surface area contributed by atoms with Gasteiger partial charge in [0, 0.05) is 16.5 Å². The summed E-state index contributed by atoms with van der Waals surface area (Å²) in [6.07, 6.45) is 1.79. The van der Waals surface area contributed by atoms with Crippen molar-refractivity contribution in [3.05, 3.63) is 48.7 Å². The molecule has 0 aliphatic rings. The summed E-state index contributed by atoms with van der Waals surface area (Å²) in [5.74, 6) is 0. The minimum Gasteiger partial charge on any atom is -0.464 e. The Morgan fingerprint density at radius 3 is 2.83 bits per heavy atom. The molecule has 0 atom stereocenters. The standard InChI is InChI=1S/C14H8N2OS/c1-2-7-13-9(4-1)11(8-17-13)10-5-3-6-12-14(10)16-18-15-12/h1-8H. The lowest BCUT2D eigenvalue weighted by Gasteiger charge is -1.98. The summed E-state index contributed by atoms with van der Waals surface area (Å²) in [4.78, 5) is 0. The maximum absolute atomic E-state index is 5.58. The summed E-state index contributed by atoms with van der Waals surface area (Å²) in [6.45, 7) is 0. The molecule has 2 aromatic heterocycles. The van der Waals surface area contributed by atoms with Gasteiger partial charge >= 0.3 is 0 Å². The van der Waals surface area contributed by atoms with Crippen LogP contribution in [-0.2, 0) is 0 Å². The lowest BCUT2D eigenvalue weighted by molar-refractivity contribution is 0.617. The van der Waals surface area contributed by atoms with Crippen molar-refractivity contribution in [1.29, 1.82) is 0 Å². The molecule has 3 nitrogen and oxygen atoms in total. The summed E-state index contributed by atoms with van der Waals surface area (Å²) < 4.78 is 14.2. The van der Waals surface area contributed by atoms with Gasteiger partial charge in [0.05, 0.1) is 18.0 Å². The van der Waals surface area contributed by atoms with Crippen molar-refractivity contribution in [2.24, 2.45) is 0 Å². The molecule has 4 aromatic rings. The quantitative estimate of drug-likeness (QED) is 0.512. The minimum atomic E-state index is 0.896. The van der Waals surface area contributed by atoms with Crippen LogP contribution >= 0.6 is 11.7 Å². The van der Waals surface area contributed by atoms with Gasteiger partial charge in [0.2, 0.25) is 0 Å². The zero-order chi connectivity index (χ0) is 11.9. The molecule has 0 N–H and O–H groups in total. The second-order valence-corrected chi connectivity index (χ2v) is 4.61. The summed E-state index contributed by atoms with van der Waals surface area (Å²) >= 11 is 1.24. The Bertz CT molecular complexity index is 847. The summed E-state index contributed by atoms with van der Waals surface area (Å²) in [6, 6.07) is 14.1. The molecule has 2 heterocycles. The Labute approximate surface area is 107 Å². The highest BCUT2D eigenvalue weighted by Gasteiger charge is 2.12. The van der Waals surface area contributed by atoms with Crippen LogP contribution in [0.1, 0.15) is 0 Å². The lowest BCUT2D eigenvalue weighted by Crippen LogP contribution is -1.78. The molecule has 0 fully saturated rings. The van der Waals surface area contributed by atoms with Crippen LogP contribution in [-0.4, -0.2) is 8.75 Å². The average molecular weight is 252 g/mol. The number of hydrogen-bond donors (Lipinski definition) is 0. The fraction of sp³-hybridized carbons (Fsp3) is 0. The fourth-order valence-corrected chi connectivity index (χ4v) is 2.76. The van der Waals surface area contributed by atoms with Crippen LogP contribution in [0.5, 0.6) is 0 Å². The zero-order valence-electron chi connectivity index (χ0n) is 9.33. The number of aromatic nitrogens is 2. The van der Waals surface area contributed by atoms with E-state index in [9.17, 15) is 0 Å². The molecule has 0 aliphatic heterocycles. The molecule has 4 heteroatoms. The highest BCUT2D eigenvalue weighted by Crippen LogP contribution is 2.34. The Morgan fingerprint density at radius 1 is 0.889 bits per heavy atom. The lowest BCUT2D eigenvalue weighted by atomic mass is 10.0. The van der Waals surface area contributed by atoms with Crippen LogP contribution < -0.4 is 0 Å². The molecule has 86 valence electrons. The van der Waals surface area contributed by atoms with Crippen molar-refractivity contribution in [2.45, 2.75) is 0 Å². The third-order valence-corrected chi connectivity index (χ3v) is 3.60. The Morgan fingerprint density at radius 2 is 1.83 bits per heavy atom. The van der Waals surface area contributed by atoms with E-state index in [4.69, 9.17) is 4.42 Å². The average Bonchev–Trinajstić information content (AvgIpc) is 3.05. The normalized spacial score (nSPS) is 11.3. The molecule has 4 rings (SSSR count). The van der Waals surface area contributed by atoms with Gasteiger partial charge in [-0.15, -0.1) is 0 Å². The van der Waals surface area contributed by atoms with E-state index < -0.39 is 0 Å². The predicted molar refractivity (Wildman–Crippen MR) is 72.6 cm³/mol. The molecular weight excluding hydrogens is 244 g/mol. The first-order valence-corrected chi connectivity index (χ1v) is 6.34. The van der Waals surface area contributed by atoms with Crippen LogP contribution in [0.3, 0.4) is 0 Å². The van der Waals surface area contributed by atoms with Crippen molar-refractivity contribution in [2.75, 3.05) is 0 Å². The van der Waals surface area contributed by atoms with Crippen molar-refractivity contribution in [1.82, 2.24) is 8.75 Å². The second kappa shape index (κ2) is 3.65. The number of fused-ring (bicyclic) bond motifs is 2. The number of nitrogens with zero attached hydrogens (tertiary/aromatic N) is 2. The Balaban J connectivity index is 2.10. The van der Waals surface area contributed by atoms with E-state index >= 15 is 0 Å². The van der Waals surface area contributed by atoms with Crippen LogP contribution in [0.15, 0.2) is 53.1 Å². The third-order valence-electron chi connectivity index (χ3n) is 3.06. The van der Waals surface area contributed by atoms with Gasteiger partial charge in [-0.25, -0.2) is 0 Å². The first-order chi connectivity index (χ1) is 8.93. The van der Waals surface area contributed by atoms with E-state index in [0.29, 0.717) is 0 Å². The molecule has 2 aromatic carbocycles. The maximum Gasteiger partial charge on any atom is 0.134 e. The van der Waals surface area contributed by atoms with Crippen molar-refractivity contribution >= 4 is 33.7 Å². The van der Waals surface area contributed by atoms with Crippen LogP contribution in [0.2, 0.25) is 0 Å². The van der Waals surface area contributed by atoms with Gasteiger partial charge in [-0.2, -0.15) is 8.75 Å². The third kappa shape index (κ3) is 1.29. The van der Waals surface area contributed by atoms with Gasteiger partial charge in [0.1, 0.15) is 16.6 Å². The van der Waals surface area contributed by atoms with Gasteiger partial charge in [-0.3, -0.25) is 0 Å². The van der Waals surface area contributed by atoms with Crippen molar-refractivity contribution in [3.63, 3.8) is 0 Å². The van der Waals surface area contributed by atoms with Crippen LogP contribution in [0, 0.1) is 0 Å². The molecule has 0 bridgehead atoms. The zero-order valence-corrected chi connectivity index (χ0v) is 10.1. The molecule has 18 heavy (non-hydrogen) atoms. The van der Waals surface area contributed by atoms with E-state index in [0.717, 1.165) is 33.1 Å². The number of benzene rings is 2. The fourth-order valence-electron chi connectivity index (χ4n) is 2.21. The monoisotopic (exact) mass is 252 g/mol. The van der Waals surface area contributed by atoms with Gasteiger partial charge in [-0.1, -0.05) is 30.3 Å². The summed E-state index contributed by atoms with van der Waals surface area (Å²) in [7, 11) is 0. The molecule has 0 unspecified atom stereocenters. The van der Waals surface area contributed by atoms with Crippen LogP contribution in [0.4, 0.5) is 0 Å². The highest BCUT2D eigenvalue weighted by molar-refractivity contribution is 7.00. The maximum atomic E-state index is 5.58. The van der Waals surface area contributed by atoms with E-state index in [1.165, 1.54) is 11.7 Å².